The van der Waals surface area contributed by atoms with Crippen LogP contribution < -0.4 is 5.32 Å². The zero-order chi connectivity index (χ0) is 15.7. The molecule has 6 heteroatoms. The lowest BCUT2D eigenvalue weighted by atomic mass is 9.89. The molecule has 1 atom stereocenters. The van der Waals surface area contributed by atoms with Crippen LogP contribution in [0.5, 0.6) is 0 Å². The molecule has 1 spiro atoms. The summed E-state index contributed by atoms with van der Waals surface area (Å²) in [5, 5.41) is 7.47. The quantitative estimate of drug-likeness (QED) is 0.936. The van der Waals surface area contributed by atoms with Crippen molar-refractivity contribution in [3.05, 3.63) is 24.2 Å². The van der Waals surface area contributed by atoms with Gasteiger partial charge in [0.1, 0.15) is 5.82 Å². The largest absolute Gasteiger partial charge is 0.375 e. The summed E-state index contributed by atoms with van der Waals surface area (Å²) in [7, 11) is 0. The highest BCUT2D eigenvalue weighted by Crippen LogP contribution is 2.41. The predicted molar refractivity (Wildman–Crippen MR) is 86.1 cm³/mol. The number of rotatable bonds is 3. The van der Waals surface area contributed by atoms with Gasteiger partial charge in [0.2, 0.25) is 0 Å². The van der Waals surface area contributed by atoms with Gasteiger partial charge >= 0.3 is 0 Å². The number of aromatic nitrogens is 3. The van der Waals surface area contributed by atoms with E-state index in [4.69, 9.17) is 9.26 Å². The molecule has 2 aliphatic rings. The van der Waals surface area contributed by atoms with Crippen molar-refractivity contribution < 1.29 is 9.26 Å². The highest BCUT2D eigenvalue weighted by Gasteiger charge is 2.40. The van der Waals surface area contributed by atoms with E-state index in [9.17, 15) is 0 Å². The SMILES string of the molecule is Cc1noc(-c2cccnc2NC2CCOC3(CCCC3)C2)n1. The Balaban J connectivity index is 1.55. The summed E-state index contributed by atoms with van der Waals surface area (Å²) in [6.45, 7) is 2.64. The van der Waals surface area contributed by atoms with E-state index in [0.717, 1.165) is 30.8 Å². The van der Waals surface area contributed by atoms with Gasteiger partial charge in [0, 0.05) is 18.8 Å². The molecule has 0 radical (unpaired) electrons. The Morgan fingerprint density at radius 2 is 2.17 bits per heavy atom. The van der Waals surface area contributed by atoms with Gasteiger partial charge in [-0.1, -0.05) is 18.0 Å². The normalized spacial score (nSPS) is 23.3. The summed E-state index contributed by atoms with van der Waals surface area (Å²) in [6.07, 6.45) is 8.77. The Morgan fingerprint density at radius 1 is 1.30 bits per heavy atom. The van der Waals surface area contributed by atoms with Crippen LogP contribution in [0.4, 0.5) is 5.82 Å². The van der Waals surface area contributed by atoms with Gasteiger partial charge in [-0.15, -0.1) is 0 Å². The van der Waals surface area contributed by atoms with Gasteiger partial charge < -0.3 is 14.6 Å². The molecule has 0 amide bonds. The average Bonchev–Trinajstić information content (AvgIpc) is 3.18. The standard InChI is InChI=1S/C17H22N4O2/c1-12-19-16(23-21-12)14-5-4-9-18-15(14)20-13-6-10-22-17(11-13)7-2-3-8-17/h4-5,9,13H,2-3,6-8,10-11H2,1H3,(H,18,20). The Morgan fingerprint density at radius 3 is 2.96 bits per heavy atom. The molecule has 0 aromatic carbocycles. The lowest BCUT2D eigenvalue weighted by molar-refractivity contribution is -0.0767. The molecule has 1 saturated carbocycles. The van der Waals surface area contributed by atoms with Gasteiger partial charge in [0.05, 0.1) is 11.2 Å². The maximum absolute atomic E-state index is 6.11. The molecule has 1 N–H and O–H groups in total. The first-order valence-electron chi connectivity index (χ1n) is 8.40. The minimum Gasteiger partial charge on any atom is -0.375 e. The molecule has 1 saturated heterocycles. The number of ether oxygens (including phenoxy) is 1. The molecule has 1 unspecified atom stereocenters. The van der Waals surface area contributed by atoms with Gasteiger partial charge in [-0.25, -0.2) is 4.98 Å². The number of hydrogen-bond acceptors (Lipinski definition) is 6. The van der Waals surface area contributed by atoms with Crippen LogP contribution in [-0.2, 0) is 4.74 Å². The zero-order valence-electron chi connectivity index (χ0n) is 13.4. The van der Waals surface area contributed by atoms with Gasteiger partial charge in [-0.05, 0) is 44.7 Å². The molecule has 1 aliphatic carbocycles. The topological polar surface area (TPSA) is 73.1 Å². The fraction of sp³-hybridized carbons (Fsp3) is 0.588. The van der Waals surface area contributed by atoms with Crippen molar-refractivity contribution in [2.75, 3.05) is 11.9 Å². The summed E-state index contributed by atoms with van der Waals surface area (Å²) in [6, 6.07) is 4.23. The van der Waals surface area contributed by atoms with E-state index in [2.05, 4.69) is 20.4 Å². The monoisotopic (exact) mass is 314 g/mol. The van der Waals surface area contributed by atoms with Crippen LogP contribution in [0.2, 0.25) is 0 Å². The smallest absolute Gasteiger partial charge is 0.261 e. The second-order valence-corrected chi connectivity index (χ2v) is 6.62. The number of hydrogen-bond donors (Lipinski definition) is 1. The molecule has 4 rings (SSSR count). The third-order valence-electron chi connectivity index (χ3n) is 4.91. The van der Waals surface area contributed by atoms with Gasteiger partial charge in [-0.2, -0.15) is 4.98 Å². The van der Waals surface area contributed by atoms with Crippen molar-refractivity contribution in [3.63, 3.8) is 0 Å². The second-order valence-electron chi connectivity index (χ2n) is 6.62. The van der Waals surface area contributed by atoms with E-state index in [1.807, 2.05) is 19.1 Å². The summed E-state index contributed by atoms with van der Waals surface area (Å²) >= 11 is 0. The number of aryl methyl sites for hydroxylation is 1. The molecule has 6 nitrogen and oxygen atoms in total. The molecule has 1 aliphatic heterocycles. The Kier molecular flexibility index (Phi) is 3.77. The first-order valence-corrected chi connectivity index (χ1v) is 8.40. The number of pyridine rings is 1. The highest BCUT2D eigenvalue weighted by molar-refractivity contribution is 5.68. The van der Waals surface area contributed by atoms with Gasteiger partial charge in [-0.3, -0.25) is 0 Å². The molecular weight excluding hydrogens is 292 g/mol. The third kappa shape index (κ3) is 2.95. The molecule has 0 bridgehead atoms. The summed E-state index contributed by atoms with van der Waals surface area (Å²) in [5.74, 6) is 1.96. The van der Waals surface area contributed by atoms with E-state index in [1.165, 1.54) is 25.7 Å². The van der Waals surface area contributed by atoms with Crippen LogP contribution in [0.1, 0.15) is 44.3 Å². The molecule has 3 heterocycles. The maximum atomic E-state index is 6.11. The Labute approximate surface area is 135 Å². The number of anilines is 1. The van der Waals surface area contributed by atoms with Crippen LogP contribution in [0.15, 0.2) is 22.9 Å². The molecule has 2 aromatic rings. The van der Waals surface area contributed by atoms with Crippen molar-refractivity contribution in [1.82, 2.24) is 15.1 Å². The molecule has 2 aromatic heterocycles. The van der Waals surface area contributed by atoms with Crippen molar-refractivity contribution in [3.8, 4) is 11.5 Å². The highest BCUT2D eigenvalue weighted by atomic mass is 16.5. The van der Waals surface area contributed by atoms with Crippen molar-refractivity contribution in [2.24, 2.45) is 0 Å². The fourth-order valence-electron chi connectivity index (χ4n) is 3.81. The predicted octanol–water partition coefficient (Wildman–Crippen LogP) is 3.34. The Bertz CT molecular complexity index is 679. The third-order valence-corrected chi connectivity index (χ3v) is 4.91. The molecule has 122 valence electrons. The van der Waals surface area contributed by atoms with Gasteiger partial charge in [0.15, 0.2) is 5.82 Å². The van der Waals surface area contributed by atoms with Crippen LogP contribution in [0.3, 0.4) is 0 Å². The lowest BCUT2D eigenvalue weighted by Gasteiger charge is -2.38. The van der Waals surface area contributed by atoms with Gasteiger partial charge in [0.25, 0.3) is 5.89 Å². The molecular formula is C17H22N4O2. The van der Waals surface area contributed by atoms with Crippen molar-refractivity contribution in [1.29, 1.82) is 0 Å². The van der Waals surface area contributed by atoms with E-state index in [1.54, 1.807) is 6.20 Å². The summed E-state index contributed by atoms with van der Waals surface area (Å²) in [4.78, 5) is 8.82. The first kappa shape index (κ1) is 14.6. The number of nitrogens with one attached hydrogen (secondary N) is 1. The van der Waals surface area contributed by atoms with Crippen LogP contribution in [0, 0.1) is 6.92 Å². The minimum absolute atomic E-state index is 0.0892. The molecule has 2 fully saturated rings. The maximum Gasteiger partial charge on any atom is 0.261 e. The van der Waals surface area contributed by atoms with Crippen molar-refractivity contribution in [2.45, 2.75) is 57.1 Å². The number of nitrogens with zero attached hydrogens (tertiary/aromatic N) is 3. The Hall–Kier alpha value is -1.95. The first-order chi connectivity index (χ1) is 11.2. The van der Waals surface area contributed by atoms with E-state index in [-0.39, 0.29) is 5.60 Å². The van der Waals surface area contributed by atoms with E-state index in [0.29, 0.717) is 17.8 Å². The van der Waals surface area contributed by atoms with Crippen molar-refractivity contribution >= 4 is 5.82 Å². The lowest BCUT2D eigenvalue weighted by Crippen LogP contribution is -2.42. The fourth-order valence-corrected chi connectivity index (χ4v) is 3.81. The van der Waals surface area contributed by atoms with Crippen LogP contribution in [0.25, 0.3) is 11.5 Å². The van der Waals surface area contributed by atoms with Crippen LogP contribution in [-0.4, -0.2) is 33.4 Å². The van der Waals surface area contributed by atoms with Crippen LogP contribution >= 0.6 is 0 Å². The minimum atomic E-state index is 0.0892. The average molecular weight is 314 g/mol. The van der Waals surface area contributed by atoms with E-state index < -0.39 is 0 Å². The summed E-state index contributed by atoms with van der Waals surface area (Å²) < 4.78 is 11.4. The van der Waals surface area contributed by atoms with E-state index >= 15 is 0 Å². The second kappa shape index (κ2) is 5.92. The molecule has 23 heavy (non-hydrogen) atoms. The summed E-state index contributed by atoms with van der Waals surface area (Å²) in [5.41, 5.74) is 0.950. The zero-order valence-corrected chi connectivity index (χ0v) is 13.4.